The summed E-state index contributed by atoms with van der Waals surface area (Å²) in [7, 11) is 0. The molecule has 0 aliphatic carbocycles. The van der Waals surface area contributed by atoms with Gasteiger partial charge in [0, 0.05) is 6.20 Å². The summed E-state index contributed by atoms with van der Waals surface area (Å²) in [5, 5.41) is 0. The third-order valence-electron chi connectivity index (χ3n) is 2.25. The number of thioether (sulfide) groups is 1. The summed E-state index contributed by atoms with van der Waals surface area (Å²) in [6.45, 7) is 0. The fourth-order valence-electron chi connectivity index (χ4n) is 1.43. The molecular formula is C11H7FN4OS2. The lowest BCUT2D eigenvalue weighted by Crippen LogP contribution is -1.93. The number of thiazole rings is 1. The van der Waals surface area contributed by atoms with E-state index in [1.165, 1.54) is 41.7 Å². The Kier molecular flexibility index (Phi) is 3.26. The number of hydrogen-bond donors (Lipinski definition) is 0. The molecule has 0 N–H and O–H groups in total. The van der Waals surface area contributed by atoms with E-state index in [-0.39, 0.29) is 11.6 Å². The topological polar surface area (TPSA) is 60.8 Å². The van der Waals surface area contributed by atoms with Gasteiger partial charge in [-0.1, -0.05) is 11.8 Å². The number of pyridine rings is 1. The highest BCUT2D eigenvalue weighted by molar-refractivity contribution is 8.00. The maximum atomic E-state index is 13.5. The number of fused-ring (bicyclic) bond motifs is 1. The number of hydrogen-bond acceptors (Lipinski definition) is 7. The van der Waals surface area contributed by atoms with E-state index >= 15 is 0 Å². The first-order valence-corrected chi connectivity index (χ1v) is 7.26. The predicted molar refractivity (Wildman–Crippen MR) is 71.3 cm³/mol. The van der Waals surface area contributed by atoms with Gasteiger partial charge in [-0.15, -0.1) is 11.3 Å². The minimum Gasteiger partial charge on any atom is -0.433 e. The summed E-state index contributed by atoms with van der Waals surface area (Å²) in [4.78, 5) is 15.9. The third kappa shape index (κ3) is 2.36. The van der Waals surface area contributed by atoms with Crippen molar-refractivity contribution in [3.8, 4) is 11.6 Å². The van der Waals surface area contributed by atoms with Crippen LogP contribution in [0.15, 0.2) is 29.0 Å². The van der Waals surface area contributed by atoms with Gasteiger partial charge in [-0.05, 0) is 18.4 Å². The molecule has 3 heterocycles. The van der Waals surface area contributed by atoms with Crippen LogP contribution in [-0.2, 0) is 0 Å². The SMILES string of the molecule is CSc1nc2ncnc(Oc3cccnc3F)c2s1. The molecule has 0 bridgehead atoms. The van der Waals surface area contributed by atoms with E-state index in [0.717, 1.165) is 4.34 Å². The molecular weight excluding hydrogens is 287 g/mol. The van der Waals surface area contributed by atoms with Gasteiger partial charge < -0.3 is 4.74 Å². The maximum Gasteiger partial charge on any atom is 0.255 e. The zero-order chi connectivity index (χ0) is 13.2. The molecule has 0 aliphatic heterocycles. The Labute approximate surface area is 115 Å². The van der Waals surface area contributed by atoms with Crippen molar-refractivity contribution < 1.29 is 9.13 Å². The lowest BCUT2D eigenvalue weighted by Gasteiger charge is -2.04. The van der Waals surface area contributed by atoms with Crippen LogP contribution in [0.4, 0.5) is 4.39 Å². The van der Waals surface area contributed by atoms with Crippen LogP contribution in [0.2, 0.25) is 0 Å². The largest absolute Gasteiger partial charge is 0.433 e. The van der Waals surface area contributed by atoms with Gasteiger partial charge in [-0.2, -0.15) is 4.39 Å². The molecule has 0 spiro atoms. The van der Waals surface area contributed by atoms with Gasteiger partial charge in [0.05, 0.1) is 0 Å². The molecule has 0 amide bonds. The summed E-state index contributed by atoms with van der Waals surface area (Å²) >= 11 is 2.92. The van der Waals surface area contributed by atoms with Gasteiger partial charge >= 0.3 is 0 Å². The quantitative estimate of drug-likeness (QED) is 0.546. The minimum atomic E-state index is -0.677. The summed E-state index contributed by atoms with van der Waals surface area (Å²) < 4.78 is 20.4. The van der Waals surface area contributed by atoms with E-state index in [1.807, 2.05) is 6.26 Å². The van der Waals surface area contributed by atoms with Gasteiger partial charge in [-0.25, -0.2) is 19.9 Å². The summed E-state index contributed by atoms with van der Waals surface area (Å²) in [5.41, 5.74) is 0.545. The van der Waals surface area contributed by atoms with Crippen LogP contribution in [0.25, 0.3) is 10.3 Å². The average molecular weight is 294 g/mol. The van der Waals surface area contributed by atoms with Crippen LogP contribution < -0.4 is 4.74 Å². The van der Waals surface area contributed by atoms with Crippen molar-refractivity contribution in [2.75, 3.05) is 6.26 Å². The van der Waals surface area contributed by atoms with Crippen molar-refractivity contribution >= 4 is 33.4 Å². The fraction of sp³-hybridized carbons (Fsp3) is 0.0909. The van der Waals surface area contributed by atoms with Crippen LogP contribution in [0, 0.1) is 5.95 Å². The second-order valence-electron chi connectivity index (χ2n) is 3.41. The summed E-state index contributed by atoms with van der Waals surface area (Å²) in [6.07, 6.45) is 4.62. The van der Waals surface area contributed by atoms with Gasteiger partial charge in [-0.3, -0.25) is 0 Å². The van der Waals surface area contributed by atoms with Gasteiger partial charge in [0.2, 0.25) is 5.88 Å². The van der Waals surface area contributed by atoms with E-state index < -0.39 is 5.95 Å². The molecule has 96 valence electrons. The van der Waals surface area contributed by atoms with E-state index in [0.29, 0.717) is 10.3 Å². The monoisotopic (exact) mass is 294 g/mol. The highest BCUT2D eigenvalue weighted by Crippen LogP contribution is 2.34. The molecule has 0 saturated heterocycles. The number of aromatic nitrogens is 4. The van der Waals surface area contributed by atoms with Gasteiger partial charge in [0.15, 0.2) is 15.7 Å². The first-order chi connectivity index (χ1) is 9.28. The smallest absolute Gasteiger partial charge is 0.255 e. The fourth-order valence-corrected chi connectivity index (χ4v) is 2.87. The van der Waals surface area contributed by atoms with Crippen molar-refractivity contribution in [1.29, 1.82) is 0 Å². The number of nitrogens with zero attached hydrogens (tertiary/aromatic N) is 4. The van der Waals surface area contributed by atoms with Crippen LogP contribution in [0.1, 0.15) is 0 Å². The highest BCUT2D eigenvalue weighted by Gasteiger charge is 2.13. The van der Waals surface area contributed by atoms with Crippen molar-refractivity contribution in [1.82, 2.24) is 19.9 Å². The molecule has 0 unspecified atom stereocenters. The van der Waals surface area contributed by atoms with Crippen LogP contribution >= 0.6 is 23.1 Å². The Morgan fingerprint density at radius 3 is 3.00 bits per heavy atom. The van der Waals surface area contributed by atoms with Crippen molar-refractivity contribution in [3.05, 3.63) is 30.6 Å². The Hall–Kier alpha value is -1.80. The number of ether oxygens (including phenoxy) is 1. The zero-order valence-electron chi connectivity index (χ0n) is 9.70. The summed E-state index contributed by atoms with van der Waals surface area (Å²) in [5.74, 6) is -0.361. The number of rotatable bonds is 3. The molecule has 19 heavy (non-hydrogen) atoms. The molecule has 0 saturated carbocycles. The highest BCUT2D eigenvalue weighted by atomic mass is 32.2. The normalized spacial score (nSPS) is 10.8. The van der Waals surface area contributed by atoms with E-state index in [1.54, 1.807) is 6.07 Å². The molecule has 0 atom stereocenters. The first-order valence-electron chi connectivity index (χ1n) is 5.22. The molecule has 0 fully saturated rings. The zero-order valence-corrected chi connectivity index (χ0v) is 11.3. The maximum absolute atomic E-state index is 13.5. The Morgan fingerprint density at radius 2 is 2.21 bits per heavy atom. The van der Waals surface area contributed by atoms with Crippen molar-refractivity contribution in [2.24, 2.45) is 0 Å². The molecule has 5 nitrogen and oxygen atoms in total. The second-order valence-corrected chi connectivity index (χ2v) is 5.46. The molecule has 3 aromatic heterocycles. The Morgan fingerprint density at radius 1 is 1.32 bits per heavy atom. The minimum absolute atomic E-state index is 0.0293. The van der Waals surface area contributed by atoms with Gasteiger partial charge in [0.1, 0.15) is 11.0 Å². The van der Waals surface area contributed by atoms with Gasteiger partial charge in [0.25, 0.3) is 5.95 Å². The Balaban J connectivity index is 2.05. The lowest BCUT2D eigenvalue weighted by molar-refractivity contribution is 0.420. The second kappa shape index (κ2) is 5.06. The Bertz CT molecular complexity index is 734. The molecule has 8 heteroatoms. The van der Waals surface area contributed by atoms with Crippen LogP contribution in [0.3, 0.4) is 0 Å². The number of halogens is 1. The van der Waals surface area contributed by atoms with Crippen LogP contribution in [-0.4, -0.2) is 26.2 Å². The van der Waals surface area contributed by atoms with Crippen LogP contribution in [0.5, 0.6) is 11.6 Å². The molecule has 0 aromatic carbocycles. The first kappa shape index (κ1) is 12.2. The third-order valence-corrected chi connectivity index (χ3v) is 4.26. The van der Waals surface area contributed by atoms with Crippen molar-refractivity contribution in [2.45, 2.75) is 4.34 Å². The lowest BCUT2D eigenvalue weighted by atomic mass is 10.4. The standard InChI is InChI=1S/C11H7FN4OS2/c1-18-11-16-9-7(19-11)10(15-5-14-9)17-6-3-2-4-13-8(6)12/h2-5H,1H3. The van der Waals surface area contributed by atoms with E-state index in [4.69, 9.17) is 4.74 Å². The predicted octanol–water partition coefficient (Wildman–Crippen LogP) is 3.13. The average Bonchev–Trinajstić information content (AvgIpc) is 2.85. The molecule has 0 radical (unpaired) electrons. The van der Waals surface area contributed by atoms with E-state index in [9.17, 15) is 4.39 Å². The molecule has 0 aliphatic rings. The van der Waals surface area contributed by atoms with E-state index in [2.05, 4.69) is 19.9 Å². The summed E-state index contributed by atoms with van der Waals surface area (Å²) in [6, 6.07) is 3.09. The molecule has 3 aromatic rings. The van der Waals surface area contributed by atoms with Crippen molar-refractivity contribution in [3.63, 3.8) is 0 Å². The molecule has 3 rings (SSSR count).